The summed E-state index contributed by atoms with van der Waals surface area (Å²) in [5.74, 6) is -2.82. The van der Waals surface area contributed by atoms with E-state index in [-0.39, 0.29) is 25.5 Å². The fraction of sp³-hybridized carbons (Fsp3) is 0.769. The molecule has 4 rings (SSSR count). The minimum atomic E-state index is -4.37. The van der Waals surface area contributed by atoms with Gasteiger partial charge < -0.3 is 25.4 Å². The van der Waals surface area contributed by atoms with E-state index in [2.05, 4.69) is 17.2 Å². The monoisotopic (exact) mass is 584 g/mol. The topological polar surface area (TPSA) is 180 Å². The van der Waals surface area contributed by atoms with Crippen LogP contribution in [0.5, 0.6) is 0 Å². The number of carbonyl (C=O) groups excluding carboxylic acids is 4. The van der Waals surface area contributed by atoms with Crippen molar-refractivity contribution in [3.05, 3.63) is 12.7 Å². The molecule has 14 heteroatoms. The second-order valence-corrected chi connectivity index (χ2v) is 13.6. The number of alkyl carbamates (subject to hydrolysis) is 1. The molecule has 4 amide bonds. The SMILES string of the molecule is C=CC1CC1(NC(=O)C1CC(O)CN1C(=O)C(NC(=O)OC1CCCC1)C(C)(C)C)C(=O)NS(=O)(=O)OC1CC1. The maximum atomic E-state index is 13.7. The van der Waals surface area contributed by atoms with Crippen LogP contribution in [0.1, 0.15) is 72.1 Å². The number of amides is 4. The molecule has 1 saturated heterocycles. The van der Waals surface area contributed by atoms with Crippen molar-refractivity contribution in [1.29, 1.82) is 0 Å². The van der Waals surface area contributed by atoms with E-state index < -0.39 is 75.3 Å². The van der Waals surface area contributed by atoms with Gasteiger partial charge in [0.05, 0.1) is 12.2 Å². The third-order valence-electron chi connectivity index (χ3n) is 7.87. The molecule has 5 atom stereocenters. The number of carbonyl (C=O) groups is 4. The number of β-amino-alcohol motifs (C(OH)–C–C–N with tert-alkyl or cyclic N) is 1. The average molecular weight is 585 g/mol. The average Bonchev–Trinajstić information content (AvgIpc) is 3.68. The molecule has 0 aromatic rings. The Morgan fingerprint density at radius 1 is 1.10 bits per heavy atom. The van der Waals surface area contributed by atoms with E-state index in [4.69, 9.17) is 8.92 Å². The summed E-state index contributed by atoms with van der Waals surface area (Å²) < 4.78 is 36.7. The van der Waals surface area contributed by atoms with Crippen LogP contribution < -0.4 is 15.4 Å². The van der Waals surface area contributed by atoms with Gasteiger partial charge in [0.15, 0.2) is 0 Å². The fourth-order valence-corrected chi connectivity index (χ4v) is 6.35. The molecule has 0 aromatic carbocycles. The summed E-state index contributed by atoms with van der Waals surface area (Å²) in [7, 11) is -4.37. The van der Waals surface area contributed by atoms with Crippen LogP contribution in [0.3, 0.4) is 0 Å². The molecule has 0 spiro atoms. The number of aliphatic hydroxyl groups excluding tert-OH is 1. The van der Waals surface area contributed by atoms with Crippen molar-refractivity contribution in [3.63, 3.8) is 0 Å². The Bertz CT molecular complexity index is 1140. The van der Waals surface area contributed by atoms with Crippen LogP contribution in [0.15, 0.2) is 12.7 Å². The molecule has 13 nitrogen and oxygen atoms in total. The first-order valence-corrected chi connectivity index (χ1v) is 15.2. The quantitative estimate of drug-likeness (QED) is 0.268. The summed E-state index contributed by atoms with van der Waals surface area (Å²) in [6.07, 6.45) is 3.63. The number of ether oxygens (including phenoxy) is 1. The maximum Gasteiger partial charge on any atom is 0.408 e. The Labute approximate surface area is 234 Å². The molecular formula is C26H40N4O9S. The highest BCUT2D eigenvalue weighted by atomic mass is 32.2. The molecule has 3 aliphatic carbocycles. The molecule has 5 unspecified atom stereocenters. The molecule has 0 radical (unpaired) electrons. The van der Waals surface area contributed by atoms with Gasteiger partial charge in [0.1, 0.15) is 23.7 Å². The number of rotatable bonds is 10. The molecule has 40 heavy (non-hydrogen) atoms. The van der Waals surface area contributed by atoms with Crippen LogP contribution in [-0.2, 0) is 33.6 Å². The fourth-order valence-electron chi connectivity index (χ4n) is 5.34. The van der Waals surface area contributed by atoms with Gasteiger partial charge in [-0.3, -0.25) is 18.6 Å². The first kappa shape index (κ1) is 30.3. The molecule has 1 heterocycles. The minimum absolute atomic E-state index is 0.0967. The summed E-state index contributed by atoms with van der Waals surface area (Å²) in [6.45, 7) is 8.78. The first-order valence-electron chi connectivity index (χ1n) is 13.8. The number of likely N-dealkylation sites (tertiary alicyclic amines) is 1. The van der Waals surface area contributed by atoms with Crippen molar-refractivity contribution >= 4 is 34.1 Å². The lowest BCUT2D eigenvalue weighted by Crippen LogP contribution is -2.60. The van der Waals surface area contributed by atoms with Crippen LogP contribution in [0, 0.1) is 11.3 Å². The van der Waals surface area contributed by atoms with E-state index in [1.54, 1.807) is 20.8 Å². The zero-order valence-corrected chi connectivity index (χ0v) is 24.0. The van der Waals surface area contributed by atoms with Crippen molar-refractivity contribution < 1.29 is 41.6 Å². The summed E-state index contributed by atoms with van der Waals surface area (Å²) in [5, 5.41) is 15.7. The lowest BCUT2D eigenvalue weighted by atomic mass is 9.85. The van der Waals surface area contributed by atoms with Crippen molar-refractivity contribution in [1.82, 2.24) is 20.3 Å². The number of hydrogen-bond donors (Lipinski definition) is 4. The van der Waals surface area contributed by atoms with Gasteiger partial charge in [-0.1, -0.05) is 26.8 Å². The van der Waals surface area contributed by atoms with Gasteiger partial charge in [-0.15, -0.1) is 6.58 Å². The normalized spacial score (nSPS) is 29.4. The maximum absolute atomic E-state index is 13.7. The number of aliphatic hydroxyl groups is 1. The lowest BCUT2D eigenvalue weighted by Gasteiger charge is -2.35. The van der Waals surface area contributed by atoms with Crippen LogP contribution >= 0.6 is 0 Å². The number of hydrogen-bond acceptors (Lipinski definition) is 9. The summed E-state index contributed by atoms with van der Waals surface area (Å²) in [4.78, 5) is 54.1. The molecule has 0 bridgehead atoms. The number of nitrogens with one attached hydrogen (secondary N) is 3. The second-order valence-electron chi connectivity index (χ2n) is 12.3. The largest absolute Gasteiger partial charge is 0.446 e. The van der Waals surface area contributed by atoms with Gasteiger partial charge in [0.2, 0.25) is 11.8 Å². The Morgan fingerprint density at radius 3 is 2.30 bits per heavy atom. The van der Waals surface area contributed by atoms with Crippen molar-refractivity contribution in [2.24, 2.45) is 11.3 Å². The third-order valence-corrected chi connectivity index (χ3v) is 8.83. The minimum Gasteiger partial charge on any atom is -0.446 e. The molecule has 3 saturated carbocycles. The van der Waals surface area contributed by atoms with Crippen LogP contribution in [0.4, 0.5) is 4.79 Å². The van der Waals surface area contributed by atoms with E-state index in [0.717, 1.165) is 25.7 Å². The molecule has 0 aromatic heterocycles. The van der Waals surface area contributed by atoms with Gasteiger partial charge in [-0.2, -0.15) is 8.42 Å². The Balaban J connectivity index is 1.46. The lowest BCUT2D eigenvalue weighted by molar-refractivity contribution is -0.143. The Hall–Kier alpha value is -2.71. The van der Waals surface area contributed by atoms with E-state index in [9.17, 15) is 32.7 Å². The predicted molar refractivity (Wildman–Crippen MR) is 142 cm³/mol. The summed E-state index contributed by atoms with van der Waals surface area (Å²) in [5.41, 5.74) is -2.35. The summed E-state index contributed by atoms with van der Waals surface area (Å²) in [6, 6.07) is -2.22. The highest BCUT2D eigenvalue weighted by Crippen LogP contribution is 2.45. The molecule has 4 N–H and O–H groups in total. The van der Waals surface area contributed by atoms with Gasteiger partial charge in [0.25, 0.3) is 5.91 Å². The van der Waals surface area contributed by atoms with Crippen LogP contribution in [0.25, 0.3) is 0 Å². The standard InChI is InChI=1S/C26H40N4O9S/c1-5-15-13-26(15,23(34)29-40(36,37)39-18-10-11-18)28-21(32)19-12-16(31)14-30(19)22(33)20(25(2,3)4)27-24(35)38-17-8-6-7-9-17/h5,15-20,31H,1,6-14H2,2-4H3,(H,27,35)(H,28,32)(H,29,34). The molecule has 4 aliphatic rings. The van der Waals surface area contributed by atoms with Crippen molar-refractivity contribution in [2.45, 2.75) is 108 Å². The van der Waals surface area contributed by atoms with Gasteiger partial charge in [-0.25, -0.2) is 9.52 Å². The van der Waals surface area contributed by atoms with Crippen molar-refractivity contribution in [2.75, 3.05) is 6.54 Å². The summed E-state index contributed by atoms with van der Waals surface area (Å²) >= 11 is 0. The number of nitrogens with zero attached hydrogens (tertiary/aromatic N) is 1. The van der Waals surface area contributed by atoms with E-state index >= 15 is 0 Å². The zero-order valence-electron chi connectivity index (χ0n) is 23.2. The first-order chi connectivity index (χ1) is 18.6. The molecule has 4 fully saturated rings. The molecular weight excluding hydrogens is 544 g/mol. The zero-order chi connectivity index (χ0) is 29.5. The Morgan fingerprint density at radius 2 is 1.75 bits per heavy atom. The van der Waals surface area contributed by atoms with Crippen LogP contribution in [-0.4, -0.2) is 84.7 Å². The van der Waals surface area contributed by atoms with Gasteiger partial charge >= 0.3 is 16.4 Å². The highest BCUT2D eigenvalue weighted by molar-refractivity contribution is 7.85. The predicted octanol–water partition coefficient (Wildman–Crippen LogP) is 0.633. The van der Waals surface area contributed by atoms with Gasteiger partial charge in [-0.05, 0) is 50.4 Å². The third kappa shape index (κ3) is 6.95. The van der Waals surface area contributed by atoms with Crippen LogP contribution in [0.2, 0.25) is 0 Å². The smallest absolute Gasteiger partial charge is 0.408 e. The van der Waals surface area contributed by atoms with E-state index in [1.807, 2.05) is 4.72 Å². The second kappa shape index (κ2) is 11.3. The van der Waals surface area contributed by atoms with E-state index in [0.29, 0.717) is 12.8 Å². The van der Waals surface area contributed by atoms with E-state index in [1.165, 1.54) is 11.0 Å². The molecule has 1 aliphatic heterocycles. The van der Waals surface area contributed by atoms with Gasteiger partial charge in [0, 0.05) is 18.9 Å². The highest BCUT2D eigenvalue weighted by Gasteiger charge is 2.61. The van der Waals surface area contributed by atoms with Crippen molar-refractivity contribution in [3.8, 4) is 0 Å². The molecule has 224 valence electrons. The Kier molecular flexibility index (Phi) is 8.53.